The third kappa shape index (κ3) is 1.32. The van der Waals surface area contributed by atoms with E-state index in [2.05, 4.69) is 0 Å². The number of ether oxygens (including phenoxy) is 1. The van der Waals surface area contributed by atoms with Crippen molar-refractivity contribution >= 4 is 5.78 Å². The average molecular weight is 176 g/mol. The highest BCUT2D eigenvalue weighted by Crippen LogP contribution is 2.31. The lowest BCUT2D eigenvalue weighted by atomic mass is 10.0. The second kappa shape index (κ2) is 2.87. The van der Waals surface area contributed by atoms with Crippen molar-refractivity contribution in [2.75, 3.05) is 0 Å². The minimum atomic E-state index is 0.120. The third-order valence-corrected chi connectivity index (χ3v) is 2.33. The molecule has 0 aliphatic carbocycles. The van der Waals surface area contributed by atoms with E-state index in [0.29, 0.717) is 0 Å². The Balaban J connectivity index is 2.51. The summed E-state index contributed by atoms with van der Waals surface area (Å²) in [6.45, 7) is 3.61. The number of carbonyl (C=O) groups excluding carboxylic acids is 1. The van der Waals surface area contributed by atoms with Crippen molar-refractivity contribution in [2.45, 2.75) is 26.4 Å². The summed E-state index contributed by atoms with van der Waals surface area (Å²) in [5.41, 5.74) is 1.88. The molecule has 0 saturated carbocycles. The number of ketones is 1. The van der Waals surface area contributed by atoms with Crippen LogP contribution >= 0.6 is 0 Å². The van der Waals surface area contributed by atoms with Gasteiger partial charge in [0.25, 0.3) is 0 Å². The highest BCUT2D eigenvalue weighted by Gasteiger charge is 2.22. The lowest BCUT2D eigenvalue weighted by Gasteiger charge is -2.02. The van der Waals surface area contributed by atoms with Crippen LogP contribution in [-0.2, 0) is 6.42 Å². The van der Waals surface area contributed by atoms with E-state index in [9.17, 15) is 4.79 Å². The first kappa shape index (κ1) is 8.30. The van der Waals surface area contributed by atoms with E-state index >= 15 is 0 Å². The van der Waals surface area contributed by atoms with Crippen molar-refractivity contribution in [1.29, 1.82) is 0 Å². The fourth-order valence-corrected chi connectivity index (χ4v) is 1.76. The standard InChI is InChI=1S/C11H12O2/c1-7-6-10-9(8(2)12)4-3-5-11(10)13-7/h3-5,7H,6H2,1-2H3/t7-/m1/s1. The molecule has 2 heteroatoms. The molecule has 1 atom stereocenters. The van der Waals surface area contributed by atoms with Gasteiger partial charge in [0.15, 0.2) is 5.78 Å². The molecule has 1 aromatic carbocycles. The molecule has 13 heavy (non-hydrogen) atoms. The van der Waals surface area contributed by atoms with E-state index < -0.39 is 0 Å². The molecule has 0 bridgehead atoms. The van der Waals surface area contributed by atoms with Gasteiger partial charge in [-0.3, -0.25) is 4.79 Å². The largest absolute Gasteiger partial charge is 0.490 e. The summed E-state index contributed by atoms with van der Waals surface area (Å²) in [5, 5.41) is 0. The summed E-state index contributed by atoms with van der Waals surface area (Å²) in [6.07, 6.45) is 1.06. The second-order valence-corrected chi connectivity index (χ2v) is 3.47. The zero-order valence-corrected chi connectivity index (χ0v) is 7.83. The first-order chi connectivity index (χ1) is 6.18. The van der Waals surface area contributed by atoms with Crippen molar-refractivity contribution in [3.8, 4) is 5.75 Å². The number of benzene rings is 1. The van der Waals surface area contributed by atoms with Crippen LogP contribution in [0.15, 0.2) is 18.2 Å². The predicted octanol–water partition coefficient (Wildman–Crippen LogP) is 2.21. The number of Topliss-reactive ketones (excluding diaryl/α,β-unsaturated/α-hetero) is 1. The van der Waals surface area contributed by atoms with Gasteiger partial charge in [0.05, 0.1) is 0 Å². The maximum atomic E-state index is 11.3. The van der Waals surface area contributed by atoms with Crippen LogP contribution in [0.2, 0.25) is 0 Å². The molecule has 0 saturated heterocycles. The van der Waals surface area contributed by atoms with Crippen LogP contribution < -0.4 is 4.74 Å². The highest BCUT2D eigenvalue weighted by molar-refractivity contribution is 5.96. The van der Waals surface area contributed by atoms with Crippen LogP contribution in [0.25, 0.3) is 0 Å². The maximum absolute atomic E-state index is 11.3. The third-order valence-electron chi connectivity index (χ3n) is 2.33. The molecule has 0 unspecified atom stereocenters. The van der Waals surface area contributed by atoms with Gasteiger partial charge in [0.1, 0.15) is 11.9 Å². The van der Waals surface area contributed by atoms with Gasteiger partial charge in [0.2, 0.25) is 0 Å². The smallest absolute Gasteiger partial charge is 0.160 e. The molecular weight excluding hydrogens is 164 g/mol. The topological polar surface area (TPSA) is 26.3 Å². The summed E-state index contributed by atoms with van der Waals surface area (Å²) in [7, 11) is 0. The van der Waals surface area contributed by atoms with Crippen LogP contribution in [0.3, 0.4) is 0 Å². The molecule has 0 spiro atoms. The van der Waals surface area contributed by atoms with Crippen LogP contribution in [0.1, 0.15) is 29.8 Å². The Morgan fingerprint density at radius 1 is 1.54 bits per heavy atom. The van der Waals surface area contributed by atoms with E-state index in [1.54, 1.807) is 6.92 Å². The lowest BCUT2D eigenvalue weighted by molar-refractivity contribution is 0.101. The molecule has 0 aromatic heterocycles. The summed E-state index contributed by atoms with van der Waals surface area (Å²) in [6, 6.07) is 5.65. The lowest BCUT2D eigenvalue weighted by Crippen LogP contribution is -2.06. The van der Waals surface area contributed by atoms with Gasteiger partial charge in [-0.05, 0) is 19.9 Å². The Kier molecular flexibility index (Phi) is 1.83. The van der Waals surface area contributed by atoms with Gasteiger partial charge in [0, 0.05) is 17.5 Å². The minimum absolute atomic E-state index is 0.120. The van der Waals surface area contributed by atoms with Gasteiger partial charge in [-0.15, -0.1) is 0 Å². The van der Waals surface area contributed by atoms with Crippen molar-refractivity contribution in [2.24, 2.45) is 0 Å². The zero-order valence-electron chi connectivity index (χ0n) is 7.83. The Bertz CT molecular complexity index is 355. The van der Waals surface area contributed by atoms with Crippen molar-refractivity contribution in [1.82, 2.24) is 0 Å². The summed E-state index contributed by atoms with van der Waals surface area (Å²) in [4.78, 5) is 11.3. The quantitative estimate of drug-likeness (QED) is 0.613. The number of hydrogen-bond acceptors (Lipinski definition) is 2. The summed E-state index contributed by atoms with van der Waals surface area (Å²) < 4.78 is 5.55. The summed E-state index contributed by atoms with van der Waals surface area (Å²) in [5.74, 6) is 0.995. The zero-order chi connectivity index (χ0) is 9.42. The van der Waals surface area contributed by atoms with Gasteiger partial charge in [-0.25, -0.2) is 0 Å². The molecule has 2 rings (SSSR count). The van der Waals surface area contributed by atoms with Crippen molar-refractivity contribution < 1.29 is 9.53 Å². The van der Waals surface area contributed by atoms with Crippen LogP contribution in [0.4, 0.5) is 0 Å². The van der Waals surface area contributed by atoms with E-state index in [1.165, 1.54) is 0 Å². The molecule has 1 aliphatic rings. The maximum Gasteiger partial charge on any atom is 0.160 e. The van der Waals surface area contributed by atoms with Crippen LogP contribution in [0, 0.1) is 0 Å². The Hall–Kier alpha value is -1.31. The van der Waals surface area contributed by atoms with E-state index in [-0.39, 0.29) is 11.9 Å². The molecule has 68 valence electrons. The SMILES string of the molecule is CC(=O)c1cccc2c1C[C@@H](C)O2. The normalized spacial score (nSPS) is 19.4. The molecule has 1 heterocycles. The molecule has 2 nitrogen and oxygen atoms in total. The number of fused-ring (bicyclic) bond motifs is 1. The Morgan fingerprint density at radius 3 is 3.00 bits per heavy atom. The molecule has 0 N–H and O–H groups in total. The highest BCUT2D eigenvalue weighted by atomic mass is 16.5. The number of rotatable bonds is 1. The van der Waals surface area contributed by atoms with Gasteiger partial charge in [-0.2, -0.15) is 0 Å². The predicted molar refractivity (Wildman–Crippen MR) is 50.2 cm³/mol. The van der Waals surface area contributed by atoms with Crippen LogP contribution in [-0.4, -0.2) is 11.9 Å². The van der Waals surface area contributed by atoms with E-state index in [0.717, 1.165) is 23.3 Å². The van der Waals surface area contributed by atoms with E-state index in [1.807, 2.05) is 25.1 Å². The monoisotopic (exact) mass is 176 g/mol. The molecule has 1 aromatic rings. The first-order valence-electron chi connectivity index (χ1n) is 4.48. The van der Waals surface area contributed by atoms with Crippen molar-refractivity contribution in [3.63, 3.8) is 0 Å². The Labute approximate surface area is 77.5 Å². The molecule has 0 fully saturated rings. The van der Waals surface area contributed by atoms with Crippen LogP contribution in [0.5, 0.6) is 5.75 Å². The van der Waals surface area contributed by atoms with E-state index in [4.69, 9.17) is 4.74 Å². The van der Waals surface area contributed by atoms with Gasteiger partial charge in [-0.1, -0.05) is 12.1 Å². The average Bonchev–Trinajstić information content (AvgIpc) is 2.43. The number of hydrogen-bond donors (Lipinski definition) is 0. The summed E-state index contributed by atoms with van der Waals surface area (Å²) >= 11 is 0. The number of carbonyl (C=O) groups is 1. The molecular formula is C11H12O2. The van der Waals surface area contributed by atoms with Gasteiger partial charge < -0.3 is 4.74 Å². The molecule has 0 radical (unpaired) electrons. The minimum Gasteiger partial charge on any atom is -0.490 e. The van der Waals surface area contributed by atoms with Crippen molar-refractivity contribution in [3.05, 3.63) is 29.3 Å². The molecule has 1 aliphatic heterocycles. The second-order valence-electron chi connectivity index (χ2n) is 3.47. The van der Waals surface area contributed by atoms with Gasteiger partial charge >= 0.3 is 0 Å². The fraction of sp³-hybridized carbons (Fsp3) is 0.364. The first-order valence-corrected chi connectivity index (χ1v) is 4.48. The molecule has 0 amide bonds. The Morgan fingerprint density at radius 2 is 2.31 bits per heavy atom. The fourth-order valence-electron chi connectivity index (χ4n) is 1.76.